The number of ether oxygens (including phenoxy) is 1. The molecule has 0 aliphatic heterocycles. The molecule has 0 aliphatic carbocycles. The molecule has 2 aromatic rings. The van der Waals surface area contributed by atoms with Gasteiger partial charge in [-0.2, -0.15) is 5.10 Å². The molecule has 0 saturated heterocycles. The summed E-state index contributed by atoms with van der Waals surface area (Å²) in [6, 6.07) is 10.6. The Labute approximate surface area is 108 Å². The van der Waals surface area contributed by atoms with Crippen molar-refractivity contribution in [1.29, 1.82) is 0 Å². The van der Waals surface area contributed by atoms with Gasteiger partial charge in [0.1, 0.15) is 12.4 Å². The molecule has 18 heavy (non-hydrogen) atoms. The Bertz CT molecular complexity index is 485. The quantitative estimate of drug-likeness (QED) is 0.803. The van der Waals surface area contributed by atoms with Crippen molar-refractivity contribution in [2.75, 3.05) is 0 Å². The summed E-state index contributed by atoms with van der Waals surface area (Å²) in [6.45, 7) is 6.89. The maximum absolute atomic E-state index is 5.71. The summed E-state index contributed by atoms with van der Waals surface area (Å²) in [4.78, 5) is 0. The maximum Gasteiger partial charge on any atom is 0.132 e. The van der Waals surface area contributed by atoms with Gasteiger partial charge in [0.2, 0.25) is 0 Å². The van der Waals surface area contributed by atoms with Crippen LogP contribution < -0.4 is 4.74 Å². The highest BCUT2D eigenvalue weighted by Gasteiger charge is 2.02. The van der Waals surface area contributed by atoms with Crippen LogP contribution in [0.1, 0.15) is 38.1 Å². The van der Waals surface area contributed by atoms with Crippen molar-refractivity contribution in [3.63, 3.8) is 0 Å². The molecule has 0 radical (unpaired) electrons. The number of benzene rings is 1. The van der Waals surface area contributed by atoms with Gasteiger partial charge in [-0.3, -0.25) is 4.68 Å². The predicted molar refractivity (Wildman–Crippen MR) is 72.8 cm³/mol. The molecule has 2 rings (SSSR count). The zero-order valence-electron chi connectivity index (χ0n) is 11.3. The molecule has 0 aliphatic rings. The summed E-state index contributed by atoms with van der Waals surface area (Å²) in [6.07, 6.45) is 3.04. The largest absolute Gasteiger partial charge is 0.487 e. The summed E-state index contributed by atoms with van der Waals surface area (Å²) in [7, 11) is 0. The minimum absolute atomic E-state index is 0.391. The van der Waals surface area contributed by atoms with Crippen molar-refractivity contribution in [3.8, 4) is 5.75 Å². The van der Waals surface area contributed by atoms with Gasteiger partial charge in [-0.25, -0.2) is 0 Å². The van der Waals surface area contributed by atoms with Gasteiger partial charge in [-0.05, 0) is 44.0 Å². The van der Waals surface area contributed by atoms with E-state index in [0.29, 0.717) is 12.6 Å². The number of hydrogen-bond donors (Lipinski definition) is 0. The Kier molecular flexibility index (Phi) is 4.03. The lowest BCUT2D eigenvalue weighted by Crippen LogP contribution is -2.03. The lowest BCUT2D eigenvalue weighted by Gasteiger charge is -2.06. The van der Waals surface area contributed by atoms with Gasteiger partial charge in [0, 0.05) is 12.2 Å². The molecule has 0 bridgehead atoms. The Morgan fingerprint density at radius 2 is 1.89 bits per heavy atom. The summed E-state index contributed by atoms with van der Waals surface area (Å²) in [5, 5.41) is 4.45. The molecular weight excluding hydrogens is 224 g/mol. The van der Waals surface area contributed by atoms with Gasteiger partial charge in [0.15, 0.2) is 0 Å². The molecule has 3 nitrogen and oxygen atoms in total. The zero-order valence-corrected chi connectivity index (χ0v) is 11.3. The van der Waals surface area contributed by atoms with Crippen molar-refractivity contribution < 1.29 is 4.74 Å². The van der Waals surface area contributed by atoms with Crippen LogP contribution >= 0.6 is 0 Å². The first-order chi connectivity index (χ1) is 8.69. The van der Waals surface area contributed by atoms with E-state index in [9.17, 15) is 0 Å². The molecule has 0 fully saturated rings. The van der Waals surface area contributed by atoms with E-state index in [4.69, 9.17) is 4.74 Å². The minimum atomic E-state index is 0.391. The third-order valence-electron chi connectivity index (χ3n) is 2.91. The van der Waals surface area contributed by atoms with Crippen LogP contribution in [0.25, 0.3) is 0 Å². The van der Waals surface area contributed by atoms with E-state index in [2.05, 4.69) is 38.0 Å². The van der Waals surface area contributed by atoms with E-state index in [1.807, 2.05) is 29.1 Å². The van der Waals surface area contributed by atoms with Crippen molar-refractivity contribution in [2.24, 2.45) is 0 Å². The molecule has 1 aromatic carbocycles. The fourth-order valence-electron chi connectivity index (χ4n) is 1.72. The Morgan fingerprint density at radius 1 is 1.17 bits per heavy atom. The lowest BCUT2D eigenvalue weighted by atomic mass is 10.2. The smallest absolute Gasteiger partial charge is 0.132 e. The average Bonchev–Trinajstić information content (AvgIpc) is 2.86. The molecule has 0 atom stereocenters. The topological polar surface area (TPSA) is 27.1 Å². The highest BCUT2D eigenvalue weighted by molar-refractivity contribution is 5.27. The highest BCUT2D eigenvalue weighted by atomic mass is 16.5. The van der Waals surface area contributed by atoms with Crippen LogP contribution in [0.15, 0.2) is 36.5 Å². The first-order valence-electron chi connectivity index (χ1n) is 6.45. The summed E-state index contributed by atoms with van der Waals surface area (Å²) in [5.41, 5.74) is 2.29. The number of rotatable bonds is 5. The summed E-state index contributed by atoms with van der Waals surface area (Å²) in [5.74, 6) is 0.895. The maximum atomic E-state index is 5.71. The van der Waals surface area contributed by atoms with Gasteiger partial charge in [0.25, 0.3) is 0 Å². The van der Waals surface area contributed by atoms with Gasteiger partial charge in [-0.1, -0.05) is 19.1 Å². The standard InChI is InChI=1S/C15H20N2O/c1-4-13-5-7-15(8-6-13)18-11-14-9-10-17(16-14)12(2)3/h5-10,12H,4,11H2,1-3H3. The SMILES string of the molecule is CCc1ccc(OCc2ccn(C(C)C)n2)cc1. The Morgan fingerprint density at radius 3 is 2.44 bits per heavy atom. The first kappa shape index (κ1) is 12.7. The zero-order chi connectivity index (χ0) is 13.0. The van der Waals surface area contributed by atoms with Crippen molar-refractivity contribution in [1.82, 2.24) is 9.78 Å². The molecule has 1 aromatic heterocycles. The van der Waals surface area contributed by atoms with Gasteiger partial charge < -0.3 is 4.74 Å². The van der Waals surface area contributed by atoms with Crippen LogP contribution in [0.4, 0.5) is 0 Å². The van der Waals surface area contributed by atoms with Crippen LogP contribution in [0, 0.1) is 0 Å². The molecule has 0 N–H and O–H groups in total. The van der Waals surface area contributed by atoms with Crippen LogP contribution in [-0.2, 0) is 13.0 Å². The van der Waals surface area contributed by atoms with E-state index in [0.717, 1.165) is 17.9 Å². The summed E-state index contributed by atoms with van der Waals surface area (Å²) < 4.78 is 7.65. The van der Waals surface area contributed by atoms with Crippen LogP contribution in [-0.4, -0.2) is 9.78 Å². The molecule has 1 heterocycles. The normalized spacial score (nSPS) is 10.9. The molecule has 96 valence electrons. The Balaban J connectivity index is 1.93. The molecule has 0 unspecified atom stereocenters. The summed E-state index contributed by atoms with van der Waals surface area (Å²) >= 11 is 0. The van der Waals surface area contributed by atoms with Crippen LogP contribution in [0.2, 0.25) is 0 Å². The Hall–Kier alpha value is -1.77. The molecule has 0 saturated carbocycles. The molecular formula is C15H20N2O. The fraction of sp³-hybridized carbons (Fsp3) is 0.400. The number of aromatic nitrogens is 2. The number of aryl methyl sites for hydroxylation is 1. The second kappa shape index (κ2) is 5.71. The molecule has 0 spiro atoms. The number of nitrogens with zero attached hydrogens (tertiary/aromatic N) is 2. The third-order valence-corrected chi connectivity index (χ3v) is 2.91. The lowest BCUT2D eigenvalue weighted by molar-refractivity contribution is 0.298. The molecule has 3 heteroatoms. The predicted octanol–water partition coefficient (Wildman–Crippen LogP) is 3.61. The van der Waals surface area contributed by atoms with Crippen molar-refractivity contribution in [2.45, 2.75) is 39.8 Å². The molecule has 0 amide bonds. The van der Waals surface area contributed by atoms with E-state index in [1.54, 1.807) is 0 Å². The van der Waals surface area contributed by atoms with Gasteiger partial charge >= 0.3 is 0 Å². The van der Waals surface area contributed by atoms with Crippen molar-refractivity contribution in [3.05, 3.63) is 47.8 Å². The van der Waals surface area contributed by atoms with E-state index in [-0.39, 0.29) is 0 Å². The van der Waals surface area contributed by atoms with E-state index < -0.39 is 0 Å². The average molecular weight is 244 g/mol. The second-order valence-electron chi connectivity index (χ2n) is 4.67. The fourth-order valence-corrected chi connectivity index (χ4v) is 1.72. The second-order valence-corrected chi connectivity index (χ2v) is 4.67. The van der Waals surface area contributed by atoms with Gasteiger partial charge in [0.05, 0.1) is 5.69 Å². The van der Waals surface area contributed by atoms with Crippen LogP contribution in [0.3, 0.4) is 0 Å². The van der Waals surface area contributed by atoms with E-state index in [1.165, 1.54) is 5.56 Å². The highest BCUT2D eigenvalue weighted by Crippen LogP contribution is 2.14. The van der Waals surface area contributed by atoms with Gasteiger partial charge in [-0.15, -0.1) is 0 Å². The first-order valence-corrected chi connectivity index (χ1v) is 6.45. The third kappa shape index (κ3) is 3.13. The van der Waals surface area contributed by atoms with E-state index >= 15 is 0 Å². The monoisotopic (exact) mass is 244 g/mol. The number of hydrogen-bond acceptors (Lipinski definition) is 2. The van der Waals surface area contributed by atoms with Crippen LogP contribution in [0.5, 0.6) is 5.75 Å². The van der Waals surface area contributed by atoms with Crippen molar-refractivity contribution >= 4 is 0 Å². The minimum Gasteiger partial charge on any atom is -0.487 e.